The predicted molar refractivity (Wildman–Crippen MR) is 137 cm³/mol. The monoisotopic (exact) mass is 498 g/mol. The Bertz CT molecular complexity index is 931. The Morgan fingerprint density at radius 1 is 1.09 bits per heavy atom. The average molecular weight is 499 g/mol. The Morgan fingerprint density at radius 3 is 2.24 bits per heavy atom. The number of allylic oxidation sites excluding steroid dienone is 1. The van der Waals surface area contributed by atoms with Gasteiger partial charge in [0.15, 0.2) is 17.5 Å². The number of hydrogen-bond donors (Lipinski definition) is 4. The maximum absolute atomic E-state index is 11.9. The summed E-state index contributed by atoms with van der Waals surface area (Å²) in [6.07, 6.45) is 8.88. The fourth-order valence-corrected chi connectivity index (χ4v) is 2.42. The summed E-state index contributed by atoms with van der Waals surface area (Å²) < 4.78 is 36.3. The Balaban J connectivity index is 0.00000196. The van der Waals surface area contributed by atoms with E-state index < -0.39 is 10.1 Å². The lowest BCUT2D eigenvalue weighted by atomic mass is 10.2. The van der Waals surface area contributed by atoms with Crippen molar-refractivity contribution in [1.82, 2.24) is 10.6 Å². The lowest BCUT2D eigenvalue weighted by Gasteiger charge is -2.07. The van der Waals surface area contributed by atoms with E-state index in [2.05, 4.69) is 15.6 Å². The topological polar surface area (TPSA) is 152 Å². The fourth-order valence-electron chi connectivity index (χ4n) is 2.42. The van der Waals surface area contributed by atoms with Crippen LogP contribution in [-0.4, -0.2) is 64.9 Å². The first-order valence-electron chi connectivity index (χ1n) is 10.7. The number of nitrogens with one attached hydrogen (secondary N) is 2. The third-order valence-corrected chi connectivity index (χ3v) is 4.05. The van der Waals surface area contributed by atoms with Crippen LogP contribution < -0.4 is 25.8 Å². The summed E-state index contributed by atoms with van der Waals surface area (Å²) >= 11 is 0. The number of benzene rings is 1. The molecular formula is C23H38N4O6S. The lowest BCUT2D eigenvalue weighted by molar-refractivity contribution is -0.116. The van der Waals surface area contributed by atoms with Gasteiger partial charge in [0.2, 0.25) is 5.91 Å². The standard InChI is InChI=1S/C22H34N4O3.CH4O3S/c1-17(2)12-15-26-22(23)25-14-7-5-6-13-24-21(27)11-9-18-8-10-19(28-3)20(16-18)29-4;1-5(2,3)4/h8-12,16H,5-7,13-15H2,1-4H3,(H,24,27)(H3,23,25,26);1H3,(H,2,3,4)/b11-9+;. The molecule has 0 unspecified atom stereocenters. The third-order valence-electron chi connectivity index (χ3n) is 4.05. The van der Waals surface area contributed by atoms with E-state index in [4.69, 9.17) is 19.8 Å². The van der Waals surface area contributed by atoms with E-state index in [1.807, 2.05) is 38.1 Å². The van der Waals surface area contributed by atoms with Crippen molar-refractivity contribution in [3.63, 3.8) is 0 Å². The smallest absolute Gasteiger partial charge is 0.261 e. The van der Waals surface area contributed by atoms with Gasteiger partial charge in [-0.25, -0.2) is 4.99 Å². The molecule has 192 valence electrons. The van der Waals surface area contributed by atoms with E-state index in [1.54, 1.807) is 20.3 Å². The van der Waals surface area contributed by atoms with Gasteiger partial charge in [-0.15, -0.1) is 0 Å². The second-order valence-electron chi connectivity index (χ2n) is 7.47. The average Bonchev–Trinajstić information content (AvgIpc) is 2.75. The molecule has 0 saturated carbocycles. The molecule has 1 rings (SSSR count). The van der Waals surface area contributed by atoms with Crippen molar-refractivity contribution >= 4 is 28.1 Å². The summed E-state index contributed by atoms with van der Waals surface area (Å²) in [5, 5.41) is 5.98. The predicted octanol–water partition coefficient (Wildman–Crippen LogP) is 2.38. The Labute approximate surface area is 203 Å². The van der Waals surface area contributed by atoms with Crippen molar-refractivity contribution in [3.8, 4) is 11.5 Å². The van der Waals surface area contributed by atoms with Gasteiger partial charge in [0.25, 0.3) is 10.1 Å². The summed E-state index contributed by atoms with van der Waals surface area (Å²) in [5.74, 6) is 1.64. The molecule has 0 radical (unpaired) electrons. The minimum absolute atomic E-state index is 0.117. The first-order chi connectivity index (χ1) is 16.0. The van der Waals surface area contributed by atoms with Crippen LogP contribution in [0.1, 0.15) is 38.7 Å². The molecule has 11 heteroatoms. The summed E-state index contributed by atoms with van der Waals surface area (Å²) in [4.78, 5) is 16.1. The number of rotatable bonds is 12. The molecular weight excluding hydrogens is 460 g/mol. The van der Waals surface area contributed by atoms with E-state index in [0.29, 0.717) is 36.8 Å². The number of aliphatic imine (C=N–C) groups is 1. The van der Waals surface area contributed by atoms with Gasteiger partial charge in [-0.1, -0.05) is 17.7 Å². The molecule has 1 aromatic rings. The number of nitrogens with zero attached hydrogens (tertiary/aromatic N) is 1. The molecule has 0 heterocycles. The number of nitrogens with two attached hydrogens (primary N) is 1. The highest BCUT2D eigenvalue weighted by Gasteiger charge is 2.03. The number of ether oxygens (including phenoxy) is 2. The number of carbonyl (C=O) groups is 1. The number of carbonyl (C=O) groups excluding carboxylic acids is 1. The Morgan fingerprint density at radius 2 is 1.68 bits per heavy atom. The first-order valence-corrected chi connectivity index (χ1v) is 12.6. The number of guanidine groups is 1. The molecule has 1 aromatic carbocycles. The highest BCUT2D eigenvalue weighted by molar-refractivity contribution is 7.85. The highest BCUT2D eigenvalue weighted by Crippen LogP contribution is 2.27. The van der Waals surface area contributed by atoms with E-state index in [9.17, 15) is 13.2 Å². The van der Waals surface area contributed by atoms with Crippen LogP contribution in [0.3, 0.4) is 0 Å². The van der Waals surface area contributed by atoms with Gasteiger partial charge in [0.05, 0.1) is 27.0 Å². The molecule has 0 spiro atoms. The van der Waals surface area contributed by atoms with Crippen molar-refractivity contribution < 1.29 is 27.2 Å². The summed E-state index contributed by atoms with van der Waals surface area (Å²) in [6, 6.07) is 5.50. The first kappa shape index (κ1) is 30.9. The SMILES string of the molecule is COc1ccc(/C=C/C(=O)NCCCCCNC(N)=NCC=C(C)C)cc1OC.CS(=O)(=O)O. The normalized spacial score (nSPS) is 11.3. The van der Waals surface area contributed by atoms with Crippen LogP contribution >= 0.6 is 0 Å². The zero-order valence-corrected chi connectivity index (χ0v) is 21.4. The molecule has 10 nitrogen and oxygen atoms in total. The van der Waals surface area contributed by atoms with Crippen molar-refractivity contribution in [2.24, 2.45) is 10.7 Å². The van der Waals surface area contributed by atoms with Gasteiger partial charge in [-0.3, -0.25) is 9.35 Å². The second-order valence-corrected chi connectivity index (χ2v) is 8.93. The van der Waals surface area contributed by atoms with Gasteiger partial charge in [0.1, 0.15) is 0 Å². The van der Waals surface area contributed by atoms with Crippen molar-refractivity contribution in [3.05, 3.63) is 41.5 Å². The minimum Gasteiger partial charge on any atom is -0.493 e. The summed E-state index contributed by atoms with van der Waals surface area (Å²) in [5.41, 5.74) is 7.88. The van der Waals surface area contributed by atoms with E-state index >= 15 is 0 Å². The van der Waals surface area contributed by atoms with Gasteiger partial charge in [0, 0.05) is 19.2 Å². The molecule has 34 heavy (non-hydrogen) atoms. The third kappa shape index (κ3) is 18.5. The Kier molecular flexibility index (Phi) is 15.9. The Hall–Kier alpha value is -3.05. The molecule has 0 aliphatic heterocycles. The molecule has 0 fully saturated rings. The van der Waals surface area contributed by atoms with E-state index in [1.165, 1.54) is 11.6 Å². The number of unbranched alkanes of at least 4 members (excludes halogenated alkanes) is 2. The van der Waals surface area contributed by atoms with Crippen LogP contribution in [0, 0.1) is 0 Å². The molecule has 0 aliphatic rings. The molecule has 0 aliphatic carbocycles. The quantitative estimate of drug-likeness (QED) is 0.0856. The van der Waals surface area contributed by atoms with E-state index in [0.717, 1.165) is 31.4 Å². The molecule has 1 amide bonds. The lowest BCUT2D eigenvalue weighted by Crippen LogP contribution is -2.32. The highest BCUT2D eigenvalue weighted by atomic mass is 32.2. The zero-order valence-electron chi connectivity index (χ0n) is 20.6. The van der Waals surface area contributed by atoms with Gasteiger partial charge in [-0.05, 0) is 56.9 Å². The molecule has 0 aromatic heterocycles. The van der Waals surface area contributed by atoms with Crippen LogP contribution in [0.15, 0.2) is 40.9 Å². The number of amides is 1. The molecule has 5 N–H and O–H groups in total. The maximum Gasteiger partial charge on any atom is 0.261 e. The van der Waals surface area contributed by atoms with E-state index in [-0.39, 0.29) is 5.91 Å². The largest absolute Gasteiger partial charge is 0.493 e. The minimum atomic E-state index is -3.67. The van der Waals surface area contributed by atoms with Crippen LogP contribution in [0.2, 0.25) is 0 Å². The van der Waals surface area contributed by atoms with Crippen molar-refractivity contribution in [2.45, 2.75) is 33.1 Å². The molecule has 0 saturated heterocycles. The van der Waals surface area contributed by atoms with Gasteiger partial charge >= 0.3 is 0 Å². The van der Waals surface area contributed by atoms with Gasteiger partial charge < -0.3 is 25.8 Å². The van der Waals surface area contributed by atoms with Crippen LogP contribution in [0.4, 0.5) is 0 Å². The zero-order chi connectivity index (χ0) is 26.0. The van der Waals surface area contributed by atoms with Crippen LogP contribution in [0.25, 0.3) is 6.08 Å². The summed E-state index contributed by atoms with van der Waals surface area (Å²) in [7, 11) is -0.495. The van der Waals surface area contributed by atoms with Crippen molar-refractivity contribution in [1.29, 1.82) is 0 Å². The van der Waals surface area contributed by atoms with Crippen LogP contribution in [-0.2, 0) is 14.9 Å². The number of hydrogen-bond acceptors (Lipinski definition) is 6. The van der Waals surface area contributed by atoms with Crippen LogP contribution in [0.5, 0.6) is 11.5 Å². The second kappa shape index (κ2) is 17.4. The fraction of sp³-hybridized carbons (Fsp3) is 0.478. The molecule has 0 atom stereocenters. The van der Waals surface area contributed by atoms with Gasteiger partial charge in [-0.2, -0.15) is 8.42 Å². The number of methoxy groups -OCH3 is 2. The maximum atomic E-state index is 11.9. The summed E-state index contributed by atoms with van der Waals surface area (Å²) in [6.45, 7) is 6.08. The molecule has 0 bridgehead atoms. The van der Waals surface area contributed by atoms with Crippen molar-refractivity contribution in [2.75, 3.05) is 40.1 Å².